The highest BCUT2D eigenvalue weighted by atomic mass is 16.7. The second-order valence-electron chi connectivity index (χ2n) is 9.28. The van der Waals surface area contributed by atoms with Gasteiger partial charge in [0.05, 0.1) is 6.61 Å². The largest absolute Gasteiger partial charge is 0.454 e. The average molecular weight is 400 g/mol. The fraction of sp³-hybridized carbons (Fsp3) is 0.696. The maximum Gasteiger partial charge on any atom is 0.231 e. The fourth-order valence-corrected chi connectivity index (χ4v) is 5.69. The molecule has 29 heavy (non-hydrogen) atoms. The normalized spacial score (nSPS) is 28.3. The molecule has 2 saturated heterocycles. The zero-order valence-corrected chi connectivity index (χ0v) is 17.5. The Balaban J connectivity index is 1.32. The third kappa shape index (κ3) is 3.56. The van der Waals surface area contributed by atoms with Crippen molar-refractivity contribution in [1.82, 2.24) is 10.2 Å². The molecule has 0 amide bonds. The van der Waals surface area contributed by atoms with Crippen LogP contribution in [0, 0.1) is 5.41 Å². The number of benzene rings is 1. The van der Waals surface area contributed by atoms with E-state index in [-0.39, 0.29) is 5.41 Å². The number of aliphatic imine (C=N–C) groups is 1. The van der Waals surface area contributed by atoms with Gasteiger partial charge in [-0.15, -0.1) is 0 Å². The lowest BCUT2D eigenvalue weighted by atomic mass is 9.69. The number of guanidine groups is 1. The molecule has 3 fully saturated rings. The number of nitrogens with zero attached hydrogens (tertiary/aromatic N) is 2. The summed E-state index contributed by atoms with van der Waals surface area (Å²) in [4.78, 5) is 7.07. The van der Waals surface area contributed by atoms with Crippen molar-refractivity contribution in [3.63, 3.8) is 0 Å². The van der Waals surface area contributed by atoms with E-state index in [4.69, 9.17) is 14.2 Å². The molecule has 1 unspecified atom stereocenters. The Morgan fingerprint density at radius 3 is 2.76 bits per heavy atom. The van der Waals surface area contributed by atoms with E-state index < -0.39 is 0 Å². The van der Waals surface area contributed by atoms with Crippen molar-refractivity contribution in [3.05, 3.63) is 23.8 Å². The number of hydrogen-bond acceptors (Lipinski definition) is 4. The van der Waals surface area contributed by atoms with E-state index in [9.17, 15) is 0 Å². The minimum absolute atomic E-state index is 0.128. The average Bonchev–Trinajstić information content (AvgIpc) is 3.51. The summed E-state index contributed by atoms with van der Waals surface area (Å²) in [6.45, 7) is 5.19. The van der Waals surface area contributed by atoms with Crippen LogP contribution in [0.2, 0.25) is 0 Å². The number of rotatable bonds is 3. The summed E-state index contributed by atoms with van der Waals surface area (Å²) < 4.78 is 16.9. The Kier molecular flexibility index (Phi) is 5.06. The molecule has 3 aliphatic heterocycles. The number of nitrogens with one attached hydrogen (secondary N) is 1. The van der Waals surface area contributed by atoms with Gasteiger partial charge in [0.15, 0.2) is 17.5 Å². The first-order valence-electron chi connectivity index (χ1n) is 11.2. The summed E-state index contributed by atoms with van der Waals surface area (Å²) in [6.07, 6.45) is 8.68. The fourth-order valence-electron chi connectivity index (χ4n) is 5.69. The highest BCUT2D eigenvalue weighted by Gasteiger charge is 2.43. The van der Waals surface area contributed by atoms with Crippen LogP contribution in [0.4, 0.5) is 0 Å². The maximum absolute atomic E-state index is 5.70. The van der Waals surface area contributed by atoms with E-state index >= 15 is 0 Å². The van der Waals surface area contributed by atoms with E-state index in [0.29, 0.717) is 12.2 Å². The Labute approximate surface area is 173 Å². The zero-order valence-electron chi connectivity index (χ0n) is 17.5. The number of likely N-dealkylation sites (tertiary alicyclic amines) is 1. The predicted octanol–water partition coefficient (Wildman–Crippen LogP) is 3.31. The van der Waals surface area contributed by atoms with Gasteiger partial charge in [0, 0.05) is 44.1 Å². The Hall–Kier alpha value is -1.95. The van der Waals surface area contributed by atoms with Crippen molar-refractivity contribution in [2.24, 2.45) is 10.4 Å². The second kappa shape index (κ2) is 7.71. The number of ether oxygens (including phenoxy) is 3. The predicted molar refractivity (Wildman–Crippen MR) is 113 cm³/mol. The molecule has 0 aromatic heterocycles. The molecule has 1 N–H and O–H groups in total. The summed E-state index contributed by atoms with van der Waals surface area (Å²) >= 11 is 0. The molecular formula is C23H33N3O3. The van der Waals surface area contributed by atoms with E-state index in [1.54, 1.807) is 0 Å². The van der Waals surface area contributed by atoms with Crippen molar-refractivity contribution < 1.29 is 14.2 Å². The van der Waals surface area contributed by atoms with Crippen molar-refractivity contribution >= 4 is 5.96 Å². The van der Waals surface area contributed by atoms with Gasteiger partial charge in [0.2, 0.25) is 6.79 Å². The topological polar surface area (TPSA) is 55.3 Å². The van der Waals surface area contributed by atoms with E-state index in [1.165, 1.54) is 50.5 Å². The monoisotopic (exact) mass is 399 g/mol. The molecule has 1 spiro atoms. The third-order valence-corrected chi connectivity index (χ3v) is 7.52. The standard InChI is InChI=1S/C23H33N3O3/c1-24-21(26-11-9-22(15-26)10-12-27-16-22)25-14-23(7-3-2-4-8-23)18-5-6-19-20(13-18)29-17-28-19/h5-6,13H,2-4,7-12,14-17H2,1H3,(H,24,25). The lowest BCUT2D eigenvalue weighted by Crippen LogP contribution is -2.48. The van der Waals surface area contributed by atoms with Crippen LogP contribution in [0.1, 0.15) is 50.5 Å². The van der Waals surface area contributed by atoms with Crippen molar-refractivity contribution in [2.45, 2.75) is 50.4 Å². The van der Waals surface area contributed by atoms with Crippen molar-refractivity contribution in [2.75, 3.05) is 46.7 Å². The molecule has 1 aliphatic carbocycles. The molecule has 0 radical (unpaired) electrons. The molecule has 5 rings (SSSR count). The van der Waals surface area contributed by atoms with Crippen LogP contribution in [-0.2, 0) is 10.2 Å². The first-order chi connectivity index (χ1) is 14.2. The molecule has 6 nitrogen and oxygen atoms in total. The molecule has 1 saturated carbocycles. The molecule has 1 atom stereocenters. The minimum Gasteiger partial charge on any atom is -0.454 e. The number of hydrogen-bond donors (Lipinski definition) is 1. The summed E-state index contributed by atoms with van der Waals surface area (Å²) in [5.41, 5.74) is 1.84. The molecular weight excluding hydrogens is 366 g/mol. The van der Waals surface area contributed by atoms with Gasteiger partial charge in [0.25, 0.3) is 0 Å². The van der Waals surface area contributed by atoms with Crippen LogP contribution in [0.3, 0.4) is 0 Å². The summed E-state index contributed by atoms with van der Waals surface area (Å²) in [6, 6.07) is 6.52. The smallest absolute Gasteiger partial charge is 0.231 e. The summed E-state index contributed by atoms with van der Waals surface area (Å²) in [5.74, 6) is 2.80. The first kappa shape index (κ1) is 19.0. The van der Waals surface area contributed by atoms with Crippen LogP contribution >= 0.6 is 0 Å². The van der Waals surface area contributed by atoms with Crippen molar-refractivity contribution in [1.29, 1.82) is 0 Å². The van der Waals surface area contributed by atoms with Crippen molar-refractivity contribution in [3.8, 4) is 11.5 Å². The molecule has 158 valence electrons. The van der Waals surface area contributed by atoms with Gasteiger partial charge in [-0.05, 0) is 43.4 Å². The van der Waals surface area contributed by atoms with E-state index in [1.807, 2.05) is 7.05 Å². The van der Waals surface area contributed by atoms with Crippen LogP contribution in [0.25, 0.3) is 0 Å². The van der Waals surface area contributed by atoms with Gasteiger partial charge >= 0.3 is 0 Å². The Morgan fingerprint density at radius 2 is 1.97 bits per heavy atom. The van der Waals surface area contributed by atoms with Crippen LogP contribution in [0.15, 0.2) is 23.2 Å². The second-order valence-corrected chi connectivity index (χ2v) is 9.28. The molecule has 1 aromatic carbocycles. The number of fused-ring (bicyclic) bond motifs is 1. The summed E-state index contributed by atoms with van der Waals surface area (Å²) in [5, 5.41) is 3.76. The lowest BCUT2D eigenvalue weighted by Gasteiger charge is -2.39. The van der Waals surface area contributed by atoms with Gasteiger partial charge in [-0.1, -0.05) is 25.3 Å². The highest BCUT2D eigenvalue weighted by Crippen LogP contribution is 2.43. The maximum atomic E-state index is 5.70. The van der Waals surface area contributed by atoms with Gasteiger partial charge in [-0.3, -0.25) is 4.99 Å². The molecule has 3 heterocycles. The van der Waals surface area contributed by atoms with Gasteiger partial charge in [0.1, 0.15) is 0 Å². The van der Waals surface area contributed by atoms with Crippen LogP contribution in [-0.4, -0.2) is 57.5 Å². The van der Waals surface area contributed by atoms with Gasteiger partial charge in [-0.25, -0.2) is 0 Å². The first-order valence-corrected chi connectivity index (χ1v) is 11.2. The lowest BCUT2D eigenvalue weighted by molar-refractivity contribution is 0.156. The minimum atomic E-state index is 0.128. The van der Waals surface area contributed by atoms with Gasteiger partial charge < -0.3 is 24.4 Å². The Bertz CT molecular complexity index is 767. The zero-order chi connectivity index (χ0) is 19.7. The van der Waals surface area contributed by atoms with E-state index in [0.717, 1.165) is 50.3 Å². The highest BCUT2D eigenvalue weighted by molar-refractivity contribution is 5.80. The summed E-state index contributed by atoms with van der Waals surface area (Å²) in [7, 11) is 1.91. The van der Waals surface area contributed by atoms with Crippen LogP contribution < -0.4 is 14.8 Å². The molecule has 0 bridgehead atoms. The molecule has 6 heteroatoms. The SMILES string of the molecule is CN=C(NCC1(c2ccc3c(c2)OCO3)CCCCC1)N1CCC2(CCOC2)C1. The third-order valence-electron chi connectivity index (χ3n) is 7.52. The quantitative estimate of drug-likeness (QED) is 0.624. The molecule has 1 aromatic rings. The van der Waals surface area contributed by atoms with Gasteiger partial charge in [-0.2, -0.15) is 0 Å². The van der Waals surface area contributed by atoms with E-state index in [2.05, 4.69) is 33.4 Å². The molecule has 4 aliphatic rings. The van der Waals surface area contributed by atoms with Crippen LogP contribution in [0.5, 0.6) is 11.5 Å². The Morgan fingerprint density at radius 1 is 1.10 bits per heavy atom.